The SMILES string of the molecule is O=S(=O)(NCc1ccccc1)c1cc2cc(F)ccc2[nH]1. The molecule has 1 aromatic heterocycles. The average molecular weight is 304 g/mol. The summed E-state index contributed by atoms with van der Waals surface area (Å²) in [6.07, 6.45) is 0. The second kappa shape index (κ2) is 5.31. The van der Waals surface area contributed by atoms with Crippen LogP contribution in [0.2, 0.25) is 0 Å². The van der Waals surface area contributed by atoms with E-state index < -0.39 is 15.8 Å². The first-order valence-corrected chi connectivity index (χ1v) is 7.85. The molecule has 0 aliphatic carbocycles. The number of nitrogens with one attached hydrogen (secondary N) is 2. The van der Waals surface area contributed by atoms with Gasteiger partial charge in [-0.1, -0.05) is 30.3 Å². The lowest BCUT2D eigenvalue weighted by atomic mass is 10.2. The largest absolute Gasteiger partial charge is 0.345 e. The molecule has 2 N–H and O–H groups in total. The number of aromatic amines is 1. The van der Waals surface area contributed by atoms with Crippen molar-refractivity contribution < 1.29 is 12.8 Å². The first kappa shape index (κ1) is 13.8. The van der Waals surface area contributed by atoms with E-state index in [4.69, 9.17) is 0 Å². The predicted molar refractivity (Wildman–Crippen MR) is 78.7 cm³/mol. The van der Waals surface area contributed by atoms with Crippen LogP contribution in [0.15, 0.2) is 59.6 Å². The monoisotopic (exact) mass is 304 g/mol. The van der Waals surface area contributed by atoms with Gasteiger partial charge in [0.2, 0.25) is 0 Å². The lowest BCUT2D eigenvalue weighted by Crippen LogP contribution is -2.23. The third kappa shape index (κ3) is 2.96. The van der Waals surface area contributed by atoms with Crippen molar-refractivity contribution in [2.75, 3.05) is 0 Å². The Morgan fingerprint density at radius 3 is 2.57 bits per heavy atom. The van der Waals surface area contributed by atoms with Gasteiger partial charge in [-0.05, 0) is 29.8 Å². The lowest BCUT2D eigenvalue weighted by molar-refractivity contribution is 0.578. The molecule has 0 atom stereocenters. The maximum atomic E-state index is 13.1. The molecular formula is C15H13FN2O2S. The van der Waals surface area contributed by atoms with Gasteiger partial charge < -0.3 is 4.98 Å². The molecule has 0 saturated carbocycles. The zero-order valence-electron chi connectivity index (χ0n) is 11.0. The number of H-pyrrole nitrogens is 1. The van der Waals surface area contributed by atoms with Crippen molar-refractivity contribution in [1.29, 1.82) is 0 Å². The smallest absolute Gasteiger partial charge is 0.256 e. The van der Waals surface area contributed by atoms with Crippen LogP contribution in [0, 0.1) is 5.82 Å². The van der Waals surface area contributed by atoms with E-state index in [1.807, 2.05) is 30.3 Å². The van der Waals surface area contributed by atoms with Crippen LogP contribution in [-0.2, 0) is 16.6 Å². The van der Waals surface area contributed by atoms with Crippen LogP contribution >= 0.6 is 0 Å². The molecule has 0 radical (unpaired) electrons. The number of aromatic nitrogens is 1. The van der Waals surface area contributed by atoms with Gasteiger partial charge in [-0.15, -0.1) is 0 Å². The molecule has 0 bridgehead atoms. The van der Waals surface area contributed by atoms with Crippen molar-refractivity contribution in [2.45, 2.75) is 11.6 Å². The molecule has 21 heavy (non-hydrogen) atoms. The fourth-order valence-corrected chi connectivity index (χ4v) is 3.11. The van der Waals surface area contributed by atoms with Gasteiger partial charge in [-0.3, -0.25) is 0 Å². The quantitative estimate of drug-likeness (QED) is 0.778. The van der Waals surface area contributed by atoms with Gasteiger partial charge >= 0.3 is 0 Å². The molecule has 1 heterocycles. The molecule has 3 aromatic rings. The maximum absolute atomic E-state index is 13.1. The summed E-state index contributed by atoms with van der Waals surface area (Å²) >= 11 is 0. The Balaban J connectivity index is 1.86. The van der Waals surface area contributed by atoms with Crippen LogP contribution in [-0.4, -0.2) is 13.4 Å². The molecule has 0 aliphatic rings. The van der Waals surface area contributed by atoms with Crippen molar-refractivity contribution >= 4 is 20.9 Å². The van der Waals surface area contributed by atoms with E-state index in [0.29, 0.717) is 10.9 Å². The summed E-state index contributed by atoms with van der Waals surface area (Å²) in [5.41, 5.74) is 1.44. The Bertz CT molecular complexity index is 873. The van der Waals surface area contributed by atoms with Crippen LogP contribution in [0.25, 0.3) is 10.9 Å². The standard InChI is InChI=1S/C15H13FN2O2S/c16-13-6-7-14-12(8-13)9-15(18-14)21(19,20)17-10-11-4-2-1-3-5-11/h1-9,17-18H,10H2. The summed E-state index contributed by atoms with van der Waals surface area (Å²) in [6.45, 7) is 0.201. The first-order valence-electron chi connectivity index (χ1n) is 6.36. The minimum absolute atomic E-state index is 0.0269. The minimum Gasteiger partial charge on any atom is -0.345 e. The molecule has 0 fully saturated rings. The fraction of sp³-hybridized carbons (Fsp3) is 0.0667. The summed E-state index contributed by atoms with van der Waals surface area (Å²) in [5, 5.41) is 0.550. The number of rotatable bonds is 4. The summed E-state index contributed by atoms with van der Waals surface area (Å²) in [4.78, 5) is 2.78. The Hall–Kier alpha value is -2.18. The third-order valence-corrected chi connectivity index (χ3v) is 4.48. The van der Waals surface area contributed by atoms with Crippen LogP contribution < -0.4 is 4.72 Å². The average Bonchev–Trinajstić information content (AvgIpc) is 2.90. The van der Waals surface area contributed by atoms with Crippen LogP contribution in [0.5, 0.6) is 0 Å². The zero-order chi connectivity index (χ0) is 14.9. The van der Waals surface area contributed by atoms with Gasteiger partial charge in [0.15, 0.2) is 0 Å². The van der Waals surface area contributed by atoms with Gasteiger partial charge in [-0.2, -0.15) is 0 Å². The highest BCUT2D eigenvalue weighted by molar-refractivity contribution is 7.89. The molecule has 0 amide bonds. The van der Waals surface area contributed by atoms with Crippen LogP contribution in [0.1, 0.15) is 5.56 Å². The summed E-state index contributed by atoms with van der Waals surface area (Å²) in [5.74, 6) is -0.400. The van der Waals surface area contributed by atoms with E-state index >= 15 is 0 Å². The lowest BCUT2D eigenvalue weighted by Gasteiger charge is -2.04. The highest BCUT2D eigenvalue weighted by Gasteiger charge is 2.16. The predicted octanol–water partition coefficient (Wildman–Crippen LogP) is 2.79. The molecule has 2 aromatic carbocycles. The Morgan fingerprint density at radius 2 is 1.81 bits per heavy atom. The molecular weight excluding hydrogens is 291 g/mol. The second-order valence-electron chi connectivity index (χ2n) is 4.68. The molecule has 0 saturated heterocycles. The van der Waals surface area contributed by atoms with E-state index in [9.17, 15) is 12.8 Å². The molecule has 3 rings (SSSR count). The first-order chi connectivity index (χ1) is 10.0. The zero-order valence-corrected chi connectivity index (χ0v) is 11.8. The second-order valence-corrected chi connectivity index (χ2v) is 6.41. The number of hydrogen-bond donors (Lipinski definition) is 2. The third-order valence-electron chi connectivity index (χ3n) is 3.16. The summed E-state index contributed by atoms with van der Waals surface area (Å²) < 4.78 is 40.1. The Labute approximate surface area is 121 Å². The number of fused-ring (bicyclic) bond motifs is 1. The minimum atomic E-state index is -3.66. The van der Waals surface area contributed by atoms with Crippen LogP contribution in [0.4, 0.5) is 4.39 Å². The summed E-state index contributed by atoms with van der Waals surface area (Å²) in [7, 11) is -3.66. The van der Waals surface area contributed by atoms with E-state index in [1.54, 1.807) is 0 Å². The summed E-state index contributed by atoms with van der Waals surface area (Å²) in [6, 6.07) is 14.7. The Kier molecular flexibility index (Phi) is 3.48. The maximum Gasteiger partial charge on any atom is 0.256 e. The van der Waals surface area contributed by atoms with Gasteiger partial charge in [0.25, 0.3) is 10.0 Å². The molecule has 0 unspecified atom stereocenters. The Morgan fingerprint density at radius 1 is 1.05 bits per heavy atom. The molecule has 108 valence electrons. The molecule has 0 aliphatic heterocycles. The number of halogens is 1. The van der Waals surface area contributed by atoms with Gasteiger partial charge in [0.05, 0.1) is 0 Å². The number of hydrogen-bond acceptors (Lipinski definition) is 2. The van der Waals surface area contributed by atoms with E-state index in [1.165, 1.54) is 24.3 Å². The normalized spacial score (nSPS) is 11.9. The molecule has 6 heteroatoms. The van der Waals surface area contributed by atoms with Gasteiger partial charge in [0.1, 0.15) is 10.8 Å². The highest BCUT2D eigenvalue weighted by Crippen LogP contribution is 2.19. The fourth-order valence-electron chi connectivity index (χ4n) is 2.07. The van der Waals surface area contributed by atoms with Crippen molar-refractivity contribution in [1.82, 2.24) is 9.71 Å². The molecule has 0 spiro atoms. The number of sulfonamides is 1. The van der Waals surface area contributed by atoms with E-state index in [2.05, 4.69) is 9.71 Å². The van der Waals surface area contributed by atoms with Crippen molar-refractivity contribution in [3.05, 3.63) is 66.0 Å². The topological polar surface area (TPSA) is 62.0 Å². The number of benzene rings is 2. The van der Waals surface area contributed by atoms with Crippen molar-refractivity contribution in [2.24, 2.45) is 0 Å². The van der Waals surface area contributed by atoms with Crippen LogP contribution in [0.3, 0.4) is 0 Å². The van der Waals surface area contributed by atoms with Gasteiger partial charge in [0, 0.05) is 17.4 Å². The van der Waals surface area contributed by atoms with E-state index in [0.717, 1.165) is 5.56 Å². The van der Waals surface area contributed by atoms with Crippen molar-refractivity contribution in [3.63, 3.8) is 0 Å². The molecule has 4 nitrogen and oxygen atoms in total. The van der Waals surface area contributed by atoms with Crippen molar-refractivity contribution in [3.8, 4) is 0 Å². The van der Waals surface area contributed by atoms with E-state index in [-0.39, 0.29) is 11.6 Å². The highest BCUT2D eigenvalue weighted by atomic mass is 32.2. The van der Waals surface area contributed by atoms with Gasteiger partial charge in [-0.25, -0.2) is 17.5 Å².